The molecule has 4 N–H and O–H groups in total. The zero-order chi connectivity index (χ0) is 13.4. The second-order valence-corrected chi connectivity index (χ2v) is 4.27. The van der Waals surface area contributed by atoms with Gasteiger partial charge in [-0.25, -0.2) is 15.0 Å². The fourth-order valence-corrected chi connectivity index (χ4v) is 2.19. The lowest BCUT2D eigenvalue weighted by Gasteiger charge is -2.13. The Morgan fingerprint density at radius 1 is 1.42 bits per heavy atom. The van der Waals surface area contributed by atoms with Crippen LogP contribution in [0, 0.1) is 0 Å². The molecule has 3 rings (SSSR count). The zero-order valence-electron chi connectivity index (χ0n) is 9.84. The highest BCUT2D eigenvalue weighted by Gasteiger charge is 2.35. The summed E-state index contributed by atoms with van der Waals surface area (Å²) in [7, 11) is 0. The molecule has 1 aliphatic rings. The Balaban J connectivity index is 1.98. The number of nitrogens with zero attached hydrogens (tertiary/aromatic N) is 4. The minimum atomic E-state index is -0.732. The van der Waals surface area contributed by atoms with Crippen LogP contribution in [-0.2, 0) is 4.74 Å². The molecule has 0 aliphatic carbocycles. The summed E-state index contributed by atoms with van der Waals surface area (Å²) in [5.41, 5.74) is 2.82. The van der Waals surface area contributed by atoms with Gasteiger partial charge in [0.15, 0.2) is 17.0 Å². The molecule has 0 saturated carbocycles. The lowest BCUT2D eigenvalue weighted by molar-refractivity contribution is -0.0432. The number of fused-ring (bicyclic) bond motifs is 1. The Hall–Kier alpha value is -1.81. The highest BCUT2D eigenvalue weighted by molar-refractivity contribution is 5.82. The first-order chi connectivity index (χ1) is 9.24. The first-order valence-electron chi connectivity index (χ1n) is 5.76. The first-order valence-corrected chi connectivity index (χ1v) is 5.76. The quantitative estimate of drug-likeness (QED) is 0.536. The first kappa shape index (κ1) is 12.2. The fraction of sp³-hybridized carbons (Fsp3) is 0.500. The van der Waals surface area contributed by atoms with E-state index in [9.17, 15) is 5.11 Å². The zero-order valence-corrected chi connectivity index (χ0v) is 9.84. The summed E-state index contributed by atoms with van der Waals surface area (Å²) < 4.78 is 7.16. The van der Waals surface area contributed by atoms with Gasteiger partial charge in [0, 0.05) is 6.42 Å². The number of imidazole rings is 1. The predicted molar refractivity (Wildman–Crippen MR) is 62.4 cm³/mol. The van der Waals surface area contributed by atoms with Crippen molar-refractivity contribution in [2.24, 2.45) is 0 Å². The van der Waals surface area contributed by atoms with Crippen molar-refractivity contribution in [1.82, 2.24) is 19.5 Å². The lowest BCUT2D eigenvalue weighted by Crippen LogP contribution is -2.24. The van der Waals surface area contributed by atoms with Gasteiger partial charge >= 0.3 is 0 Å². The van der Waals surface area contributed by atoms with Crippen LogP contribution in [-0.4, -0.2) is 53.8 Å². The maximum absolute atomic E-state index is 9.73. The second-order valence-electron chi connectivity index (χ2n) is 4.27. The van der Waals surface area contributed by atoms with Crippen molar-refractivity contribution in [3.63, 3.8) is 0 Å². The number of aliphatic hydroxyl groups excluding tert-OH is 2. The van der Waals surface area contributed by atoms with Crippen molar-refractivity contribution in [1.29, 1.82) is 0 Å². The number of ether oxygens (including phenoxy) is 1. The standard InChI is InChI=1S/C10H13N5O4/c16-2-6-5(17)1-7(19-6)15-4-13-8-9(14-18)11-3-12-10(8)15/h3-7,16-18H,1-2H2,(H,11,12,14). The molecule has 1 saturated heterocycles. The van der Waals surface area contributed by atoms with Crippen molar-refractivity contribution in [3.8, 4) is 0 Å². The largest absolute Gasteiger partial charge is 0.394 e. The van der Waals surface area contributed by atoms with E-state index in [1.165, 1.54) is 12.7 Å². The molecule has 2 aromatic heterocycles. The summed E-state index contributed by atoms with van der Waals surface area (Å²) in [6.45, 7) is -0.247. The normalized spacial score (nSPS) is 27.0. The molecule has 102 valence electrons. The third kappa shape index (κ3) is 1.92. The average molecular weight is 267 g/mol. The SMILES string of the molecule is OCC1OC(n2cnc3c(NO)ncnc32)CC1O. The molecule has 9 nitrogen and oxygen atoms in total. The molecular formula is C10H13N5O4. The van der Waals surface area contributed by atoms with Crippen LogP contribution in [0.15, 0.2) is 12.7 Å². The molecule has 0 radical (unpaired) electrons. The van der Waals surface area contributed by atoms with Gasteiger partial charge in [-0.05, 0) is 0 Å². The minimum absolute atomic E-state index is 0.195. The Kier molecular flexibility index (Phi) is 3.03. The Morgan fingerprint density at radius 3 is 2.95 bits per heavy atom. The third-order valence-corrected chi connectivity index (χ3v) is 3.16. The van der Waals surface area contributed by atoms with E-state index < -0.39 is 18.4 Å². The van der Waals surface area contributed by atoms with Gasteiger partial charge in [-0.2, -0.15) is 0 Å². The molecule has 2 aromatic rings. The van der Waals surface area contributed by atoms with Gasteiger partial charge in [-0.1, -0.05) is 0 Å². The van der Waals surface area contributed by atoms with Gasteiger partial charge in [0.25, 0.3) is 0 Å². The highest BCUT2D eigenvalue weighted by Crippen LogP contribution is 2.31. The van der Waals surface area contributed by atoms with Crippen LogP contribution in [0.2, 0.25) is 0 Å². The molecule has 0 bridgehead atoms. The topological polar surface area (TPSA) is 126 Å². The van der Waals surface area contributed by atoms with E-state index in [1.807, 2.05) is 5.48 Å². The number of aliphatic hydroxyl groups is 2. The number of aromatic nitrogens is 4. The summed E-state index contributed by atoms with van der Waals surface area (Å²) in [5.74, 6) is 0.195. The van der Waals surface area contributed by atoms with E-state index in [4.69, 9.17) is 15.1 Å². The van der Waals surface area contributed by atoms with E-state index >= 15 is 0 Å². The summed E-state index contributed by atoms with van der Waals surface area (Å²) in [6, 6.07) is 0. The summed E-state index contributed by atoms with van der Waals surface area (Å²) in [6.07, 6.45) is 1.32. The van der Waals surface area contributed by atoms with Crippen LogP contribution in [0.3, 0.4) is 0 Å². The molecule has 1 fully saturated rings. The molecule has 1 aliphatic heterocycles. The maximum atomic E-state index is 9.73. The number of anilines is 1. The van der Waals surface area contributed by atoms with Crippen LogP contribution in [0.4, 0.5) is 5.82 Å². The second kappa shape index (κ2) is 4.70. The van der Waals surface area contributed by atoms with E-state index in [2.05, 4.69) is 15.0 Å². The number of hydrogen-bond donors (Lipinski definition) is 4. The van der Waals surface area contributed by atoms with Crippen LogP contribution in [0.5, 0.6) is 0 Å². The van der Waals surface area contributed by atoms with Crippen molar-refractivity contribution < 1.29 is 20.2 Å². The Morgan fingerprint density at radius 2 is 2.26 bits per heavy atom. The molecule has 0 spiro atoms. The molecule has 0 aromatic carbocycles. The van der Waals surface area contributed by atoms with E-state index in [-0.39, 0.29) is 12.4 Å². The van der Waals surface area contributed by atoms with Gasteiger partial charge in [0.05, 0.1) is 19.0 Å². The third-order valence-electron chi connectivity index (χ3n) is 3.16. The van der Waals surface area contributed by atoms with Crippen LogP contribution < -0.4 is 5.48 Å². The average Bonchev–Trinajstić information content (AvgIpc) is 3.01. The summed E-state index contributed by atoms with van der Waals surface area (Å²) in [5, 5.41) is 27.7. The van der Waals surface area contributed by atoms with Crippen LogP contribution in [0.1, 0.15) is 12.6 Å². The van der Waals surface area contributed by atoms with Crippen molar-refractivity contribution in [2.45, 2.75) is 24.9 Å². The molecule has 3 heterocycles. The molecule has 0 amide bonds. The molecule has 9 heteroatoms. The van der Waals surface area contributed by atoms with Gasteiger partial charge in [0.1, 0.15) is 18.7 Å². The van der Waals surface area contributed by atoms with E-state index in [0.29, 0.717) is 17.6 Å². The van der Waals surface area contributed by atoms with Crippen molar-refractivity contribution >= 4 is 17.0 Å². The predicted octanol–water partition coefficient (Wildman–Crippen LogP) is -0.732. The van der Waals surface area contributed by atoms with Gasteiger partial charge in [0.2, 0.25) is 0 Å². The Bertz CT molecular complexity index is 588. The summed E-state index contributed by atoms with van der Waals surface area (Å²) >= 11 is 0. The van der Waals surface area contributed by atoms with Crippen molar-refractivity contribution in [2.75, 3.05) is 12.1 Å². The van der Waals surface area contributed by atoms with Crippen molar-refractivity contribution in [3.05, 3.63) is 12.7 Å². The fourth-order valence-electron chi connectivity index (χ4n) is 2.19. The number of hydrogen-bond acceptors (Lipinski definition) is 8. The van der Waals surface area contributed by atoms with Gasteiger partial charge < -0.3 is 14.9 Å². The van der Waals surface area contributed by atoms with Gasteiger partial charge in [-0.3, -0.25) is 15.3 Å². The molecule has 3 unspecified atom stereocenters. The summed E-state index contributed by atoms with van der Waals surface area (Å²) in [4.78, 5) is 12.0. The molecule has 3 atom stereocenters. The van der Waals surface area contributed by atoms with Gasteiger partial charge in [-0.15, -0.1) is 0 Å². The lowest BCUT2D eigenvalue weighted by atomic mass is 10.2. The number of nitrogens with one attached hydrogen (secondary N) is 1. The van der Waals surface area contributed by atoms with E-state index in [0.717, 1.165) is 0 Å². The minimum Gasteiger partial charge on any atom is -0.394 e. The van der Waals surface area contributed by atoms with Crippen LogP contribution >= 0.6 is 0 Å². The van der Waals surface area contributed by atoms with Crippen LogP contribution in [0.25, 0.3) is 11.2 Å². The Labute approximate surface area is 107 Å². The molecule has 19 heavy (non-hydrogen) atoms. The smallest absolute Gasteiger partial charge is 0.181 e. The number of rotatable bonds is 3. The molecular weight excluding hydrogens is 254 g/mol. The maximum Gasteiger partial charge on any atom is 0.181 e. The highest BCUT2D eigenvalue weighted by atomic mass is 16.5. The monoisotopic (exact) mass is 267 g/mol. The van der Waals surface area contributed by atoms with E-state index in [1.54, 1.807) is 4.57 Å².